The van der Waals surface area contributed by atoms with Crippen LogP contribution in [0.4, 0.5) is 0 Å². The molecule has 0 saturated heterocycles. The van der Waals surface area contributed by atoms with Crippen molar-refractivity contribution in [3.8, 4) is 17.2 Å². The summed E-state index contributed by atoms with van der Waals surface area (Å²) in [6, 6.07) is 9.02. The van der Waals surface area contributed by atoms with E-state index in [1.165, 1.54) is 11.1 Å². The predicted molar refractivity (Wildman–Crippen MR) is 79.9 cm³/mol. The fourth-order valence-corrected chi connectivity index (χ4v) is 4.08. The number of phenolic OH excluding ortho intramolecular Hbond substituents is 3. The summed E-state index contributed by atoms with van der Waals surface area (Å²) in [6.07, 6.45) is 4.23. The highest BCUT2D eigenvalue weighted by molar-refractivity contribution is 5.53. The van der Waals surface area contributed by atoms with Crippen molar-refractivity contribution in [1.82, 2.24) is 0 Å². The lowest BCUT2D eigenvalue weighted by Gasteiger charge is -2.39. The third kappa shape index (κ3) is 1.88. The summed E-state index contributed by atoms with van der Waals surface area (Å²) in [5, 5.41) is 29.4. The zero-order chi connectivity index (χ0) is 14.6. The van der Waals surface area contributed by atoms with Crippen molar-refractivity contribution in [3.63, 3.8) is 0 Å². The highest BCUT2D eigenvalue weighted by atomic mass is 16.3. The van der Waals surface area contributed by atoms with Crippen LogP contribution in [0.15, 0.2) is 30.3 Å². The number of fused-ring (bicyclic) bond motifs is 5. The van der Waals surface area contributed by atoms with Gasteiger partial charge in [-0.3, -0.25) is 0 Å². The van der Waals surface area contributed by atoms with Crippen molar-refractivity contribution >= 4 is 0 Å². The van der Waals surface area contributed by atoms with Gasteiger partial charge in [-0.05, 0) is 78.1 Å². The van der Waals surface area contributed by atoms with E-state index in [0.717, 1.165) is 36.8 Å². The van der Waals surface area contributed by atoms with Crippen molar-refractivity contribution in [2.45, 2.75) is 31.6 Å². The van der Waals surface area contributed by atoms with Gasteiger partial charge in [-0.1, -0.05) is 6.07 Å². The Morgan fingerprint density at radius 3 is 2.24 bits per heavy atom. The molecule has 3 N–H and O–H groups in total. The summed E-state index contributed by atoms with van der Waals surface area (Å²) in [5.41, 5.74) is 4.68. The number of rotatable bonds is 0. The normalized spacial score (nSPS) is 23.0. The Bertz CT molecular complexity index is 721. The van der Waals surface area contributed by atoms with Crippen LogP contribution >= 0.6 is 0 Å². The molecule has 0 saturated carbocycles. The van der Waals surface area contributed by atoms with Gasteiger partial charge >= 0.3 is 0 Å². The standard InChI is InChI=1S/C18H18O3/c19-13-6-5-10-1-2-11-3-4-12-7-16(20)17(21)9-15(12)18(11)14(10)8-13/h5-9,11,18-21H,1-4H2/t11-,18-/m1/s1. The van der Waals surface area contributed by atoms with Crippen LogP contribution in [0.2, 0.25) is 0 Å². The van der Waals surface area contributed by atoms with Crippen molar-refractivity contribution in [1.29, 1.82) is 0 Å². The lowest BCUT2D eigenvalue weighted by Crippen LogP contribution is -2.26. The predicted octanol–water partition coefficient (Wildman–Crippen LogP) is 3.44. The smallest absolute Gasteiger partial charge is 0.157 e. The quantitative estimate of drug-likeness (QED) is 0.649. The zero-order valence-electron chi connectivity index (χ0n) is 11.7. The Balaban J connectivity index is 1.92. The van der Waals surface area contributed by atoms with E-state index < -0.39 is 0 Å². The lowest BCUT2D eigenvalue weighted by atomic mass is 9.65. The molecule has 0 unspecified atom stereocenters. The van der Waals surface area contributed by atoms with E-state index >= 15 is 0 Å². The number of hydrogen-bond donors (Lipinski definition) is 3. The molecule has 2 aromatic carbocycles. The van der Waals surface area contributed by atoms with E-state index in [1.54, 1.807) is 18.2 Å². The molecule has 3 nitrogen and oxygen atoms in total. The van der Waals surface area contributed by atoms with Gasteiger partial charge in [0.05, 0.1) is 0 Å². The summed E-state index contributed by atoms with van der Waals surface area (Å²) in [4.78, 5) is 0. The highest BCUT2D eigenvalue weighted by Crippen LogP contribution is 2.49. The minimum atomic E-state index is -0.0540. The summed E-state index contributed by atoms with van der Waals surface area (Å²) in [7, 11) is 0. The van der Waals surface area contributed by atoms with Crippen LogP contribution in [-0.2, 0) is 12.8 Å². The second-order valence-electron chi connectivity index (χ2n) is 6.24. The Kier molecular flexibility index (Phi) is 2.64. The van der Waals surface area contributed by atoms with Gasteiger partial charge in [0, 0.05) is 5.92 Å². The molecular formula is C18H18O3. The van der Waals surface area contributed by atoms with E-state index in [-0.39, 0.29) is 17.4 Å². The number of benzene rings is 2. The Morgan fingerprint density at radius 1 is 0.762 bits per heavy atom. The first-order valence-corrected chi connectivity index (χ1v) is 7.50. The maximum Gasteiger partial charge on any atom is 0.157 e. The molecule has 2 aliphatic rings. The molecule has 0 heterocycles. The van der Waals surface area contributed by atoms with Crippen LogP contribution in [0, 0.1) is 5.92 Å². The monoisotopic (exact) mass is 282 g/mol. The van der Waals surface area contributed by atoms with E-state index in [9.17, 15) is 15.3 Å². The van der Waals surface area contributed by atoms with Crippen molar-refractivity contribution in [2.75, 3.05) is 0 Å². The highest BCUT2D eigenvalue weighted by Gasteiger charge is 2.35. The molecule has 0 radical (unpaired) electrons. The Hall–Kier alpha value is -2.16. The summed E-state index contributed by atoms with van der Waals surface area (Å²) in [6.45, 7) is 0. The van der Waals surface area contributed by atoms with Gasteiger partial charge in [0.1, 0.15) is 5.75 Å². The molecule has 0 aliphatic heterocycles. The van der Waals surface area contributed by atoms with Gasteiger partial charge in [0.25, 0.3) is 0 Å². The Labute approximate surface area is 123 Å². The van der Waals surface area contributed by atoms with Crippen LogP contribution in [0.5, 0.6) is 17.2 Å². The van der Waals surface area contributed by atoms with Gasteiger partial charge in [0.2, 0.25) is 0 Å². The van der Waals surface area contributed by atoms with Crippen LogP contribution in [-0.4, -0.2) is 15.3 Å². The fraction of sp³-hybridized carbons (Fsp3) is 0.333. The maximum absolute atomic E-state index is 9.87. The van der Waals surface area contributed by atoms with Gasteiger partial charge in [-0.2, -0.15) is 0 Å². The molecule has 0 amide bonds. The molecule has 0 spiro atoms. The molecule has 0 fully saturated rings. The largest absolute Gasteiger partial charge is 0.508 e. The topological polar surface area (TPSA) is 60.7 Å². The molecule has 21 heavy (non-hydrogen) atoms. The molecule has 2 aromatic rings. The lowest BCUT2D eigenvalue weighted by molar-refractivity contribution is 0.355. The molecule has 2 aliphatic carbocycles. The van der Waals surface area contributed by atoms with Crippen molar-refractivity contribution in [2.24, 2.45) is 5.92 Å². The number of hydrogen-bond acceptors (Lipinski definition) is 3. The third-order valence-electron chi connectivity index (χ3n) is 5.08. The van der Waals surface area contributed by atoms with Crippen molar-refractivity contribution in [3.05, 3.63) is 52.6 Å². The van der Waals surface area contributed by atoms with Crippen molar-refractivity contribution < 1.29 is 15.3 Å². The van der Waals surface area contributed by atoms with E-state index in [4.69, 9.17) is 0 Å². The molecular weight excluding hydrogens is 264 g/mol. The average Bonchev–Trinajstić information content (AvgIpc) is 2.48. The SMILES string of the molecule is Oc1ccc2c(c1)[C@@H]1c3cc(O)c(O)cc3CC[C@H]1CC2. The summed E-state index contributed by atoms with van der Waals surface area (Å²) in [5.74, 6) is 0.970. The Morgan fingerprint density at radius 2 is 1.43 bits per heavy atom. The van der Waals surface area contributed by atoms with E-state index in [2.05, 4.69) is 0 Å². The van der Waals surface area contributed by atoms with E-state index in [1.807, 2.05) is 12.1 Å². The maximum atomic E-state index is 9.87. The average molecular weight is 282 g/mol. The van der Waals surface area contributed by atoms with Crippen LogP contribution in [0.25, 0.3) is 0 Å². The molecule has 2 atom stereocenters. The number of phenols is 3. The zero-order valence-corrected chi connectivity index (χ0v) is 11.7. The summed E-state index contributed by atoms with van der Waals surface area (Å²) >= 11 is 0. The van der Waals surface area contributed by atoms with Gasteiger partial charge in [0.15, 0.2) is 11.5 Å². The van der Waals surface area contributed by atoms with E-state index in [0.29, 0.717) is 11.7 Å². The molecule has 4 rings (SSSR count). The molecule has 108 valence electrons. The molecule has 0 aromatic heterocycles. The second kappa shape index (κ2) is 4.42. The molecule has 3 heteroatoms. The first-order valence-electron chi connectivity index (χ1n) is 7.50. The summed E-state index contributed by atoms with van der Waals surface area (Å²) < 4.78 is 0. The van der Waals surface area contributed by atoms with Gasteiger partial charge in [-0.25, -0.2) is 0 Å². The number of aromatic hydroxyl groups is 3. The second-order valence-corrected chi connectivity index (χ2v) is 6.24. The fourth-order valence-electron chi connectivity index (χ4n) is 4.08. The van der Waals surface area contributed by atoms with Crippen LogP contribution in [0.1, 0.15) is 41.0 Å². The van der Waals surface area contributed by atoms with Gasteiger partial charge in [-0.15, -0.1) is 0 Å². The van der Waals surface area contributed by atoms with Crippen LogP contribution in [0.3, 0.4) is 0 Å². The first-order chi connectivity index (χ1) is 10.1. The third-order valence-corrected chi connectivity index (χ3v) is 5.08. The minimum absolute atomic E-state index is 0.0425. The van der Waals surface area contributed by atoms with Gasteiger partial charge < -0.3 is 15.3 Å². The number of aryl methyl sites for hydroxylation is 2. The first kappa shape index (κ1) is 12.6. The molecule has 0 bridgehead atoms. The minimum Gasteiger partial charge on any atom is -0.508 e. The van der Waals surface area contributed by atoms with Crippen LogP contribution < -0.4 is 0 Å².